The van der Waals surface area contributed by atoms with Gasteiger partial charge in [-0.1, -0.05) is 0 Å². The molecule has 0 aromatic rings. The van der Waals surface area contributed by atoms with Crippen LogP contribution in [-0.2, 0) is 4.79 Å². The normalized spacial score (nSPS) is 18.1. The van der Waals surface area contributed by atoms with Crippen molar-refractivity contribution >= 4 is 5.91 Å². The second-order valence-electron chi connectivity index (χ2n) is 2.84. The van der Waals surface area contributed by atoms with Crippen LogP contribution >= 0.6 is 0 Å². The third-order valence-corrected chi connectivity index (χ3v) is 1.88. The highest BCUT2D eigenvalue weighted by Crippen LogP contribution is 2.15. The molecule has 0 saturated heterocycles. The first-order valence-electron chi connectivity index (χ1n) is 4.02. The number of hydrogen-bond donors (Lipinski definition) is 1. The molecule has 1 amide bonds. The molecule has 0 spiro atoms. The molecule has 1 aliphatic rings. The van der Waals surface area contributed by atoms with Gasteiger partial charge in [0.2, 0.25) is 5.91 Å². The van der Waals surface area contributed by atoms with Crippen LogP contribution < -0.4 is 0 Å². The summed E-state index contributed by atoms with van der Waals surface area (Å²) in [6.45, 7) is 2.33. The molecule has 1 N–H and O–H groups in total. The zero-order chi connectivity index (χ0) is 8.97. The minimum Gasteiger partial charge on any atom is -0.516 e. The molecule has 1 heterocycles. The first kappa shape index (κ1) is 8.84. The van der Waals surface area contributed by atoms with Gasteiger partial charge < -0.3 is 10.0 Å². The molecule has 0 aliphatic carbocycles. The molecule has 0 bridgehead atoms. The third-order valence-electron chi connectivity index (χ3n) is 1.88. The summed E-state index contributed by atoms with van der Waals surface area (Å²) in [4.78, 5) is 12.6. The molecule has 0 unspecified atom stereocenters. The van der Waals surface area contributed by atoms with Crippen molar-refractivity contribution in [1.29, 1.82) is 0 Å². The van der Waals surface area contributed by atoms with Gasteiger partial charge >= 0.3 is 0 Å². The van der Waals surface area contributed by atoms with E-state index in [1.165, 1.54) is 0 Å². The first-order chi connectivity index (χ1) is 5.74. The molecule has 3 heteroatoms. The van der Waals surface area contributed by atoms with E-state index in [4.69, 9.17) is 5.11 Å². The van der Waals surface area contributed by atoms with Gasteiger partial charge in [-0.15, -0.1) is 0 Å². The van der Waals surface area contributed by atoms with Crippen LogP contribution in [0.25, 0.3) is 0 Å². The summed E-state index contributed by atoms with van der Waals surface area (Å²) in [7, 11) is 0. The summed E-state index contributed by atoms with van der Waals surface area (Å²) in [5, 5.41) is 8.52. The summed E-state index contributed by atoms with van der Waals surface area (Å²) in [5.74, 6) is 0.0542. The van der Waals surface area contributed by atoms with Gasteiger partial charge in [0.25, 0.3) is 0 Å². The first-order valence-corrected chi connectivity index (χ1v) is 4.02. The Balaban J connectivity index is 2.69. The van der Waals surface area contributed by atoms with Crippen LogP contribution in [0.5, 0.6) is 0 Å². The highest BCUT2D eigenvalue weighted by atomic mass is 16.2. The Bertz CT molecular complexity index is 231. The lowest BCUT2D eigenvalue weighted by Crippen LogP contribution is -2.27. The van der Waals surface area contributed by atoms with Gasteiger partial charge in [0.05, 0.1) is 6.26 Å². The average Bonchev–Trinajstić information content (AvgIpc) is 2.05. The SMILES string of the molecule is CC(=O)N1C=C(/C=C/O)CCC1. The molecular weight excluding hydrogens is 154 g/mol. The summed E-state index contributed by atoms with van der Waals surface area (Å²) in [6.07, 6.45) is 6.32. The number of hydrogen-bond acceptors (Lipinski definition) is 2. The van der Waals surface area contributed by atoms with Gasteiger partial charge in [-0.25, -0.2) is 0 Å². The molecule has 1 rings (SSSR count). The molecular formula is C9H13NO2. The fourth-order valence-electron chi connectivity index (χ4n) is 1.25. The minimum atomic E-state index is 0.0542. The third kappa shape index (κ3) is 2.12. The molecule has 0 aromatic heterocycles. The number of aliphatic hydroxyl groups is 1. The molecule has 66 valence electrons. The van der Waals surface area contributed by atoms with E-state index >= 15 is 0 Å². The lowest BCUT2D eigenvalue weighted by molar-refractivity contribution is -0.126. The van der Waals surface area contributed by atoms with E-state index in [0.29, 0.717) is 0 Å². The van der Waals surface area contributed by atoms with Crippen LogP contribution in [0.4, 0.5) is 0 Å². The quantitative estimate of drug-likeness (QED) is 0.602. The lowest BCUT2D eigenvalue weighted by atomic mass is 10.1. The van der Waals surface area contributed by atoms with E-state index < -0.39 is 0 Å². The number of nitrogens with zero attached hydrogens (tertiary/aromatic N) is 1. The largest absolute Gasteiger partial charge is 0.516 e. The van der Waals surface area contributed by atoms with Crippen LogP contribution in [0, 0.1) is 0 Å². The van der Waals surface area contributed by atoms with E-state index in [-0.39, 0.29) is 5.91 Å². The van der Waals surface area contributed by atoms with Gasteiger partial charge in [0.1, 0.15) is 0 Å². The molecule has 0 radical (unpaired) electrons. The summed E-state index contributed by atoms with van der Waals surface area (Å²) < 4.78 is 0. The summed E-state index contributed by atoms with van der Waals surface area (Å²) in [6, 6.07) is 0. The van der Waals surface area contributed by atoms with Crippen molar-refractivity contribution in [3.8, 4) is 0 Å². The highest BCUT2D eigenvalue weighted by molar-refractivity contribution is 5.74. The van der Waals surface area contributed by atoms with Crippen LogP contribution in [0.15, 0.2) is 24.1 Å². The van der Waals surface area contributed by atoms with Gasteiger partial charge in [0.15, 0.2) is 0 Å². The number of amides is 1. The van der Waals surface area contributed by atoms with Crippen LogP contribution in [0.1, 0.15) is 19.8 Å². The molecule has 0 atom stereocenters. The number of allylic oxidation sites excluding steroid dienone is 2. The standard InChI is InChI=1S/C9H13NO2/c1-8(12)10-5-2-3-9(7-10)4-6-11/h4,6-7,11H,2-3,5H2,1H3/b6-4+. The van der Waals surface area contributed by atoms with Crippen molar-refractivity contribution in [2.75, 3.05) is 6.54 Å². The maximum absolute atomic E-state index is 10.9. The number of carbonyl (C=O) groups is 1. The second kappa shape index (κ2) is 3.95. The predicted octanol–water partition coefficient (Wildman–Crippen LogP) is 1.58. The monoisotopic (exact) mass is 167 g/mol. The summed E-state index contributed by atoms with van der Waals surface area (Å²) >= 11 is 0. The maximum atomic E-state index is 10.9. The van der Waals surface area contributed by atoms with Gasteiger partial charge in [-0.05, 0) is 24.5 Å². The second-order valence-corrected chi connectivity index (χ2v) is 2.84. The van der Waals surface area contributed by atoms with Crippen LogP contribution in [0.2, 0.25) is 0 Å². The molecule has 0 aromatic carbocycles. The Kier molecular flexibility index (Phi) is 2.91. The Labute approximate surface area is 72.0 Å². The Morgan fingerprint density at radius 2 is 2.50 bits per heavy atom. The van der Waals surface area contributed by atoms with E-state index in [0.717, 1.165) is 31.2 Å². The highest BCUT2D eigenvalue weighted by Gasteiger charge is 2.11. The van der Waals surface area contributed by atoms with Crippen molar-refractivity contribution in [1.82, 2.24) is 4.90 Å². The average molecular weight is 167 g/mol. The Morgan fingerprint density at radius 3 is 3.08 bits per heavy atom. The van der Waals surface area contributed by atoms with Gasteiger partial charge in [0, 0.05) is 19.7 Å². The summed E-state index contributed by atoms with van der Waals surface area (Å²) in [5.41, 5.74) is 0.999. The molecule has 0 fully saturated rings. The predicted molar refractivity (Wildman–Crippen MR) is 46.5 cm³/mol. The van der Waals surface area contributed by atoms with Crippen molar-refractivity contribution < 1.29 is 9.90 Å². The number of rotatable bonds is 1. The van der Waals surface area contributed by atoms with Crippen molar-refractivity contribution in [2.45, 2.75) is 19.8 Å². The molecule has 1 aliphatic heterocycles. The molecule has 3 nitrogen and oxygen atoms in total. The minimum absolute atomic E-state index is 0.0542. The van der Waals surface area contributed by atoms with Crippen molar-refractivity contribution in [3.63, 3.8) is 0 Å². The topological polar surface area (TPSA) is 40.5 Å². The fraction of sp³-hybridized carbons (Fsp3) is 0.444. The molecule has 0 saturated carbocycles. The maximum Gasteiger partial charge on any atom is 0.223 e. The zero-order valence-electron chi connectivity index (χ0n) is 7.16. The van der Waals surface area contributed by atoms with E-state index in [1.54, 1.807) is 24.1 Å². The van der Waals surface area contributed by atoms with Crippen molar-refractivity contribution in [3.05, 3.63) is 24.1 Å². The Hall–Kier alpha value is -1.25. The van der Waals surface area contributed by atoms with Crippen LogP contribution in [-0.4, -0.2) is 22.5 Å². The van der Waals surface area contributed by atoms with E-state index in [2.05, 4.69) is 0 Å². The number of carbonyl (C=O) groups excluding carboxylic acids is 1. The molecule has 12 heavy (non-hydrogen) atoms. The van der Waals surface area contributed by atoms with Gasteiger partial charge in [-0.2, -0.15) is 0 Å². The van der Waals surface area contributed by atoms with E-state index in [1.807, 2.05) is 0 Å². The fourth-order valence-corrected chi connectivity index (χ4v) is 1.25. The lowest BCUT2D eigenvalue weighted by Gasteiger charge is -2.22. The van der Waals surface area contributed by atoms with Crippen LogP contribution in [0.3, 0.4) is 0 Å². The van der Waals surface area contributed by atoms with Crippen molar-refractivity contribution in [2.24, 2.45) is 0 Å². The zero-order valence-corrected chi connectivity index (χ0v) is 7.16. The Morgan fingerprint density at radius 1 is 1.75 bits per heavy atom. The smallest absolute Gasteiger partial charge is 0.223 e. The van der Waals surface area contributed by atoms with E-state index in [9.17, 15) is 4.79 Å². The number of aliphatic hydroxyl groups excluding tert-OH is 1. The van der Waals surface area contributed by atoms with Gasteiger partial charge in [-0.3, -0.25) is 4.79 Å².